The Kier molecular flexibility index (Phi) is 8.63. The average Bonchev–Trinajstić information content (AvgIpc) is 2.90. The summed E-state index contributed by atoms with van der Waals surface area (Å²) < 4.78 is 5.74. The molecule has 2 aromatic carbocycles. The lowest BCUT2D eigenvalue weighted by molar-refractivity contribution is 0.102. The SMILES string of the molecule is CC.Cc1c(NC(=O)c2cc(OCc3ccccn3)c(C=O)cn2)cccc1-c1ccccc1.[HH]. The third kappa shape index (κ3) is 5.92. The molecular weight excluding hydrogens is 426 g/mol. The monoisotopic (exact) mass is 455 g/mol. The van der Waals surface area contributed by atoms with Gasteiger partial charge in [0.15, 0.2) is 6.29 Å². The highest BCUT2D eigenvalue weighted by atomic mass is 16.5. The van der Waals surface area contributed by atoms with Crippen LogP contribution in [-0.4, -0.2) is 22.2 Å². The molecule has 34 heavy (non-hydrogen) atoms. The number of aldehydes is 1. The number of ether oxygens (including phenoxy) is 1. The van der Waals surface area contributed by atoms with Crippen molar-refractivity contribution in [2.24, 2.45) is 0 Å². The summed E-state index contributed by atoms with van der Waals surface area (Å²) in [6, 6.07) is 22.7. The van der Waals surface area contributed by atoms with Crippen LogP contribution < -0.4 is 10.1 Å². The molecule has 174 valence electrons. The number of rotatable bonds is 7. The van der Waals surface area contributed by atoms with Crippen molar-refractivity contribution < 1.29 is 15.8 Å². The van der Waals surface area contributed by atoms with E-state index in [2.05, 4.69) is 15.3 Å². The highest BCUT2D eigenvalue weighted by Gasteiger charge is 2.15. The van der Waals surface area contributed by atoms with Gasteiger partial charge in [0.2, 0.25) is 0 Å². The van der Waals surface area contributed by atoms with Crippen molar-refractivity contribution in [3.63, 3.8) is 0 Å². The number of anilines is 1. The number of pyridine rings is 2. The summed E-state index contributed by atoms with van der Waals surface area (Å²) in [4.78, 5) is 32.6. The number of nitrogens with one attached hydrogen (secondary N) is 1. The van der Waals surface area contributed by atoms with E-state index >= 15 is 0 Å². The first-order valence-electron chi connectivity index (χ1n) is 11.1. The summed E-state index contributed by atoms with van der Waals surface area (Å²) in [7, 11) is 0. The minimum atomic E-state index is -0.390. The molecule has 0 aliphatic heterocycles. The van der Waals surface area contributed by atoms with Crippen molar-refractivity contribution in [3.8, 4) is 16.9 Å². The zero-order chi connectivity index (χ0) is 24.3. The van der Waals surface area contributed by atoms with Gasteiger partial charge in [0.05, 0.1) is 11.3 Å². The summed E-state index contributed by atoms with van der Waals surface area (Å²) in [5.74, 6) is -0.112. The third-order valence-electron chi connectivity index (χ3n) is 5.02. The molecule has 1 amide bonds. The fourth-order valence-electron chi connectivity index (χ4n) is 3.31. The molecule has 4 aromatic rings. The van der Waals surface area contributed by atoms with Crippen LogP contribution in [0, 0.1) is 6.92 Å². The molecule has 6 nitrogen and oxygen atoms in total. The van der Waals surface area contributed by atoms with E-state index in [-0.39, 0.29) is 25.0 Å². The fraction of sp³-hybridized carbons (Fsp3) is 0.143. The normalized spacial score (nSPS) is 9.97. The van der Waals surface area contributed by atoms with Crippen LogP contribution in [0.2, 0.25) is 0 Å². The van der Waals surface area contributed by atoms with E-state index < -0.39 is 5.91 Å². The molecule has 0 saturated carbocycles. The minimum absolute atomic E-state index is 0. The van der Waals surface area contributed by atoms with E-state index in [0.717, 1.165) is 16.7 Å². The standard InChI is InChI=1S/C26H21N3O3.C2H6.H2/c1-18-22(19-8-3-2-4-9-19)11-7-12-23(18)29-26(31)24-14-25(20(16-30)15-28-24)32-17-21-10-5-6-13-27-21;1-2;/h2-16H,17H2,1H3,(H,29,31);1-2H3;1H. The van der Waals surface area contributed by atoms with Gasteiger partial charge in [0.25, 0.3) is 5.91 Å². The van der Waals surface area contributed by atoms with Gasteiger partial charge in [-0.25, -0.2) is 0 Å². The Balaban J connectivity index is 0.00000140. The Morgan fingerprint density at radius 1 is 1.00 bits per heavy atom. The summed E-state index contributed by atoms with van der Waals surface area (Å²) in [6.07, 6.45) is 3.65. The van der Waals surface area contributed by atoms with E-state index in [4.69, 9.17) is 4.74 Å². The van der Waals surface area contributed by atoms with Crippen molar-refractivity contribution >= 4 is 17.9 Å². The van der Waals surface area contributed by atoms with Gasteiger partial charge in [-0.15, -0.1) is 0 Å². The topological polar surface area (TPSA) is 81.2 Å². The van der Waals surface area contributed by atoms with E-state index in [9.17, 15) is 9.59 Å². The Hall–Kier alpha value is -4.32. The van der Waals surface area contributed by atoms with Crippen LogP contribution in [0.15, 0.2) is 85.2 Å². The minimum Gasteiger partial charge on any atom is -0.486 e. The molecular formula is C28H29N3O3. The molecule has 0 unspecified atom stereocenters. The molecule has 2 heterocycles. The zero-order valence-corrected chi connectivity index (χ0v) is 19.5. The van der Waals surface area contributed by atoms with Crippen LogP contribution in [-0.2, 0) is 6.61 Å². The van der Waals surface area contributed by atoms with Crippen LogP contribution >= 0.6 is 0 Å². The highest BCUT2D eigenvalue weighted by Crippen LogP contribution is 2.29. The van der Waals surface area contributed by atoms with E-state index in [1.807, 2.05) is 87.5 Å². The Labute approximate surface area is 201 Å². The molecule has 0 bridgehead atoms. The lowest BCUT2D eigenvalue weighted by Crippen LogP contribution is -2.15. The maximum absolute atomic E-state index is 12.9. The maximum atomic E-state index is 12.9. The molecule has 0 aliphatic rings. The molecule has 1 N–H and O–H groups in total. The number of amides is 1. The summed E-state index contributed by atoms with van der Waals surface area (Å²) in [5.41, 5.74) is 4.86. The summed E-state index contributed by atoms with van der Waals surface area (Å²) in [6.45, 7) is 6.13. The number of hydrogen-bond donors (Lipinski definition) is 1. The quantitative estimate of drug-likeness (QED) is 0.328. The largest absolute Gasteiger partial charge is 0.486 e. The number of hydrogen-bond acceptors (Lipinski definition) is 5. The van der Waals surface area contributed by atoms with Crippen LogP contribution in [0.5, 0.6) is 5.75 Å². The zero-order valence-electron chi connectivity index (χ0n) is 19.5. The number of carbonyl (C=O) groups excluding carboxylic acids is 2. The Morgan fingerprint density at radius 2 is 1.76 bits per heavy atom. The summed E-state index contributed by atoms with van der Waals surface area (Å²) in [5, 5.41) is 2.92. The number of nitrogens with zero attached hydrogens (tertiary/aromatic N) is 2. The first-order chi connectivity index (χ1) is 16.7. The van der Waals surface area contributed by atoms with E-state index in [0.29, 0.717) is 17.7 Å². The number of carbonyl (C=O) groups is 2. The molecule has 0 aliphatic carbocycles. The molecule has 0 saturated heterocycles. The van der Waals surface area contributed by atoms with Crippen LogP contribution in [0.25, 0.3) is 11.1 Å². The van der Waals surface area contributed by atoms with Gasteiger partial charge in [0, 0.05) is 25.6 Å². The highest BCUT2D eigenvalue weighted by molar-refractivity contribution is 6.04. The van der Waals surface area contributed by atoms with Gasteiger partial charge < -0.3 is 10.1 Å². The van der Waals surface area contributed by atoms with Crippen molar-refractivity contribution in [1.29, 1.82) is 0 Å². The van der Waals surface area contributed by atoms with E-state index in [1.165, 1.54) is 12.3 Å². The molecule has 6 heteroatoms. The fourth-order valence-corrected chi connectivity index (χ4v) is 3.31. The van der Waals surface area contributed by atoms with Gasteiger partial charge in [-0.2, -0.15) is 0 Å². The van der Waals surface area contributed by atoms with Gasteiger partial charge in [0.1, 0.15) is 18.1 Å². The van der Waals surface area contributed by atoms with Gasteiger partial charge in [-0.05, 0) is 41.8 Å². The van der Waals surface area contributed by atoms with Gasteiger partial charge in [-0.1, -0.05) is 62.4 Å². The van der Waals surface area contributed by atoms with Crippen molar-refractivity contribution in [2.75, 3.05) is 5.32 Å². The van der Waals surface area contributed by atoms with Crippen molar-refractivity contribution in [3.05, 3.63) is 108 Å². The molecule has 0 atom stereocenters. The second-order valence-corrected chi connectivity index (χ2v) is 7.13. The Morgan fingerprint density at radius 3 is 2.47 bits per heavy atom. The first-order valence-corrected chi connectivity index (χ1v) is 11.1. The second-order valence-electron chi connectivity index (χ2n) is 7.13. The average molecular weight is 456 g/mol. The number of aromatic nitrogens is 2. The van der Waals surface area contributed by atoms with Crippen LogP contribution in [0.1, 0.15) is 47.4 Å². The lowest BCUT2D eigenvalue weighted by atomic mass is 9.99. The van der Waals surface area contributed by atoms with Crippen molar-refractivity contribution in [1.82, 2.24) is 9.97 Å². The Bertz CT molecular complexity index is 1250. The predicted octanol–water partition coefficient (Wildman–Crippen LogP) is 6.37. The smallest absolute Gasteiger partial charge is 0.274 e. The summed E-state index contributed by atoms with van der Waals surface area (Å²) >= 11 is 0. The van der Waals surface area contributed by atoms with Crippen molar-refractivity contribution in [2.45, 2.75) is 27.4 Å². The van der Waals surface area contributed by atoms with Crippen LogP contribution in [0.3, 0.4) is 0 Å². The van der Waals surface area contributed by atoms with Gasteiger partial charge >= 0.3 is 0 Å². The van der Waals surface area contributed by atoms with Gasteiger partial charge in [-0.3, -0.25) is 19.6 Å². The molecule has 4 rings (SSSR count). The molecule has 2 aromatic heterocycles. The van der Waals surface area contributed by atoms with E-state index in [1.54, 1.807) is 6.20 Å². The first kappa shape index (κ1) is 24.3. The third-order valence-corrected chi connectivity index (χ3v) is 5.02. The molecule has 0 spiro atoms. The lowest BCUT2D eigenvalue weighted by Gasteiger charge is -2.13. The predicted molar refractivity (Wildman–Crippen MR) is 136 cm³/mol. The van der Waals surface area contributed by atoms with Crippen LogP contribution in [0.4, 0.5) is 5.69 Å². The molecule has 0 radical (unpaired) electrons. The second kappa shape index (κ2) is 12.1. The number of benzene rings is 2. The molecule has 0 fully saturated rings. The maximum Gasteiger partial charge on any atom is 0.274 e.